The van der Waals surface area contributed by atoms with Gasteiger partial charge in [-0.2, -0.15) is 4.99 Å². The lowest BCUT2D eigenvalue weighted by atomic mass is 10.2. The van der Waals surface area contributed by atoms with E-state index in [1.807, 2.05) is 0 Å². The van der Waals surface area contributed by atoms with Gasteiger partial charge in [0, 0.05) is 12.1 Å². The molecule has 138 valence electrons. The first-order valence-electron chi connectivity index (χ1n) is 7.59. The van der Waals surface area contributed by atoms with Crippen LogP contribution >= 0.6 is 11.3 Å². The average molecular weight is 389 g/mol. The monoisotopic (exact) mass is 389 g/mol. The molecule has 1 aromatic heterocycles. The number of carbonyl (C=O) groups excluding carboxylic acids is 2. The minimum Gasteiger partial charge on any atom is -0.468 e. The lowest BCUT2D eigenvalue weighted by Crippen LogP contribution is -2.22. The molecule has 0 aliphatic carbocycles. The van der Waals surface area contributed by atoms with Crippen molar-refractivity contribution in [3.8, 4) is 0 Å². The third-order valence-corrected chi connectivity index (χ3v) is 4.75. The van der Waals surface area contributed by atoms with Gasteiger partial charge in [-0.3, -0.25) is 19.7 Å². The molecule has 10 heteroatoms. The zero-order valence-corrected chi connectivity index (χ0v) is 14.7. The number of methoxy groups -OCH3 is 1. The molecule has 3 rings (SSSR count). The summed E-state index contributed by atoms with van der Waals surface area (Å²) in [4.78, 5) is 38.6. The number of nitro groups is 1. The molecule has 0 radical (unpaired) electrons. The summed E-state index contributed by atoms with van der Waals surface area (Å²) in [5, 5.41) is 11.0. The van der Waals surface area contributed by atoms with E-state index >= 15 is 0 Å². The topological polar surface area (TPSA) is 104 Å². The number of hydrogen-bond donors (Lipinski definition) is 0. The number of esters is 1. The molecule has 0 bridgehead atoms. The minimum atomic E-state index is -0.826. The molecule has 2 aromatic carbocycles. The summed E-state index contributed by atoms with van der Waals surface area (Å²) in [5.41, 5.74) is -0.0452. The highest BCUT2D eigenvalue weighted by Crippen LogP contribution is 2.23. The second kappa shape index (κ2) is 7.46. The van der Waals surface area contributed by atoms with E-state index in [1.165, 1.54) is 48.1 Å². The number of halogens is 1. The molecule has 0 N–H and O–H groups in total. The number of amides is 1. The van der Waals surface area contributed by atoms with E-state index in [4.69, 9.17) is 0 Å². The van der Waals surface area contributed by atoms with Crippen LogP contribution in [0.5, 0.6) is 0 Å². The Morgan fingerprint density at radius 3 is 2.70 bits per heavy atom. The predicted molar refractivity (Wildman–Crippen MR) is 94.8 cm³/mol. The van der Waals surface area contributed by atoms with Gasteiger partial charge in [0.2, 0.25) is 0 Å². The Bertz CT molecular complexity index is 1140. The van der Waals surface area contributed by atoms with Crippen LogP contribution in [0.1, 0.15) is 10.4 Å². The van der Waals surface area contributed by atoms with Crippen molar-refractivity contribution < 1.29 is 23.6 Å². The number of aromatic nitrogens is 1. The molecule has 1 heterocycles. The highest BCUT2D eigenvalue weighted by Gasteiger charge is 2.16. The molecule has 0 aliphatic rings. The summed E-state index contributed by atoms with van der Waals surface area (Å²) in [6.07, 6.45) is 0. The Morgan fingerprint density at radius 2 is 2.04 bits per heavy atom. The number of carbonyl (C=O) groups is 2. The third kappa shape index (κ3) is 3.75. The van der Waals surface area contributed by atoms with E-state index in [9.17, 15) is 24.1 Å². The highest BCUT2D eigenvalue weighted by atomic mass is 32.1. The van der Waals surface area contributed by atoms with Gasteiger partial charge in [0.15, 0.2) is 4.80 Å². The number of hydrogen-bond acceptors (Lipinski definition) is 6. The minimum absolute atomic E-state index is 0.101. The first kappa shape index (κ1) is 18.4. The molecule has 0 atom stereocenters. The number of nitrogens with zero attached hydrogens (tertiary/aromatic N) is 3. The maximum Gasteiger partial charge on any atom is 0.325 e. The maximum absolute atomic E-state index is 13.8. The van der Waals surface area contributed by atoms with Crippen LogP contribution in [0, 0.1) is 15.9 Å². The largest absolute Gasteiger partial charge is 0.468 e. The van der Waals surface area contributed by atoms with Gasteiger partial charge in [0.1, 0.15) is 12.4 Å². The van der Waals surface area contributed by atoms with Crippen LogP contribution in [-0.4, -0.2) is 28.5 Å². The van der Waals surface area contributed by atoms with Gasteiger partial charge in [-0.25, -0.2) is 4.39 Å². The Kier molecular flexibility index (Phi) is 5.08. The van der Waals surface area contributed by atoms with E-state index in [1.54, 1.807) is 0 Å². The molecule has 0 saturated carbocycles. The molecule has 1 amide bonds. The number of rotatable bonds is 4. The van der Waals surface area contributed by atoms with Crippen molar-refractivity contribution >= 4 is 39.1 Å². The summed E-state index contributed by atoms with van der Waals surface area (Å²) in [7, 11) is 1.20. The molecule has 0 aliphatic heterocycles. The fourth-order valence-electron chi connectivity index (χ4n) is 2.38. The molecule has 3 aromatic rings. The van der Waals surface area contributed by atoms with Gasteiger partial charge in [-0.1, -0.05) is 23.5 Å². The van der Waals surface area contributed by atoms with E-state index in [0.29, 0.717) is 10.2 Å². The summed E-state index contributed by atoms with van der Waals surface area (Å²) >= 11 is 1.05. The quantitative estimate of drug-likeness (QED) is 0.388. The summed E-state index contributed by atoms with van der Waals surface area (Å²) < 4.78 is 20.4. The van der Waals surface area contributed by atoms with Crippen LogP contribution < -0.4 is 4.80 Å². The second-order valence-electron chi connectivity index (χ2n) is 5.35. The Balaban J connectivity index is 2.20. The van der Waals surface area contributed by atoms with Gasteiger partial charge >= 0.3 is 5.97 Å². The van der Waals surface area contributed by atoms with Gasteiger partial charge in [-0.05, 0) is 18.2 Å². The van der Waals surface area contributed by atoms with Crippen LogP contribution in [-0.2, 0) is 16.1 Å². The van der Waals surface area contributed by atoms with Crippen molar-refractivity contribution in [1.82, 2.24) is 4.57 Å². The van der Waals surface area contributed by atoms with Crippen LogP contribution in [0.4, 0.5) is 10.1 Å². The fraction of sp³-hybridized carbons (Fsp3) is 0.118. The first-order chi connectivity index (χ1) is 12.9. The van der Waals surface area contributed by atoms with Crippen molar-refractivity contribution in [2.24, 2.45) is 4.99 Å². The average Bonchev–Trinajstić information content (AvgIpc) is 2.98. The SMILES string of the molecule is COC(=O)Cn1c(=NC(=O)c2ccccc2F)sc2ccc([N+](=O)[O-])cc21. The second-order valence-corrected chi connectivity index (χ2v) is 6.36. The fourth-order valence-corrected chi connectivity index (χ4v) is 3.39. The molecular weight excluding hydrogens is 377 g/mol. The van der Waals surface area contributed by atoms with Gasteiger partial charge < -0.3 is 9.30 Å². The zero-order chi connectivity index (χ0) is 19.6. The molecular formula is C17H12FN3O5S. The molecule has 0 fully saturated rings. The van der Waals surface area contributed by atoms with Crippen LogP contribution in [0.25, 0.3) is 10.2 Å². The Morgan fingerprint density at radius 1 is 1.30 bits per heavy atom. The van der Waals surface area contributed by atoms with E-state index in [0.717, 1.165) is 17.4 Å². The summed E-state index contributed by atoms with van der Waals surface area (Å²) in [5.74, 6) is -2.17. The normalized spacial score (nSPS) is 11.6. The molecule has 0 saturated heterocycles. The van der Waals surface area contributed by atoms with Crippen LogP contribution in [0.15, 0.2) is 47.5 Å². The van der Waals surface area contributed by atoms with E-state index in [2.05, 4.69) is 9.73 Å². The van der Waals surface area contributed by atoms with Crippen molar-refractivity contribution in [3.63, 3.8) is 0 Å². The van der Waals surface area contributed by atoms with Crippen molar-refractivity contribution in [2.75, 3.05) is 7.11 Å². The predicted octanol–water partition coefficient (Wildman–Crippen LogP) is 2.66. The van der Waals surface area contributed by atoms with Gasteiger partial charge in [0.25, 0.3) is 11.6 Å². The number of benzene rings is 2. The smallest absolute Gasteiger partial charge is 0.325 e. The van der Waals surface area contributed by atoms with Crippen molar-refractivity contribution in [2.45, 2.75) is 6.54 Å². The molecule has 0 unspecified atom stereocenters. The molecule has 0 spiro atoms. The number of ether oxygens (including phenoxy) is 1. The van der Waals surface area contributed by atoms with Crippen molar-refractivity contribution in [3.05, 3.63) is 68.8 Å². The van der Waals surface area contributed by atoms with Gasteiger partial charge in [0.05, 0.1) is 27.8 Å². The van der Waals surface area contributed by atoms with Crippen molar-refractivity contribution in [1.29, 1.82) is 0 Å². The number of thiazole rings is 1. The number of non-ortho nitro benzene ring substituents is 1. The van der Waals surface area contributed by atoms with Crippen LogP contribution in [0.3, 0.4) is 0 Å². The van der Waals surface area contributed by atoms with Crippen LogP contribution in [0.2, 0.25) is 0 Å². The zero-order valence-electron chi connectivity index (χ0n) is 13.9. The maximum atomic E-state index is 13.8. The third-order valence-electron chi connectivity index (χ3n) is 3.69. The summed E-state index contributed by atoms with van der Waals surface area (Å²) in [6.45, 7) is -0.305. The summed E-state index contributed by atoms with van der Waals surface area (Å²) in [6, 6.07) is 9.47. The lowest BCUT2D eigenvalue weighted by molar-refractivity contribution is -0.384. The highest BCUT2D eigenvalue weighted by molar-refractivity contribution is 7.16. The Labute approximate surface area is 155 Å². The van der Waals surface area contributed by atoms with E-state index < -0.39 is 22.6 Å². The number of fused-ring (bicyclic) bond motifs is 1. The van der Waals surface area contributed by atoms with Gasteiger partial charge in [-0.15, -0.1) is 0 Å². The number of nitro benzene ring substituents is 1. The molecule has 8 nitrogen and oxygen atoms in total. The standard InChI is InChI=1S/C17H12FN3O5S/c1-26-15(22)9-20-13-8-10(21(24)25)6-7-14(13)27-17(20)19-16(23)11-4-2-3-5-12(11)18/h2-8H,9H2,1H3. The molecule has 27 heavy (non-hydrogen) atoms. The first-order valence-corrected chi connectivity index (χ1v) is 8.40. The lowest BCUT2D eigenvalue weighted by Gasteiger charge is -2.03. The Hall–Kier alpha value is -3.40. The van der Waals surface area contributed by atoms with E-state index in [-0.39, 0.29) is 22.6 Å².